The summed E-state index contributed by atoms with van der Waals surface area (Å²) in [5.41, 5.74) is -0.263. The quantitative estimate of drug-likeness (QED) is 0.632. The predicted molar refractivity (Wildman–Crippen MR) is 68.7 cm³/mol. The van der Waals surface area contributed by atoms with Gasteiger partial charge in [0.2, 0.25) is 11.8 Å². The third-order valence-corrected chi connectivity index (χ3v) is 1.87. The Labute approximate surface area is 104 Å². The molecular weight excluding hydrogens is 218 g/mol. The van der Waals surface area contributed by atoms with Crippen molar-refractivity contribution >= 4 is 11.8 Å². The van der Waals surface area contributed by atoms with Gasteiger partial charge in [-0.1, -0.05) is 13.8 Å². The fourth-order valence-electron chi connectivity index (χ4n) is 1.20. The monoisotopic (exact) mass is 243 g/mol. The van der Waals surface area contributed by atoms with E-state index in [2.05, 4.69) is 16.0 Å². The van der Waals surface area contributed by atoms with E-state index in [1.54, 1.807) is 0 Å². The molecule has 0 saturated carbocycles. The number of nitrogens with one attached hydrogen (secondary N) is 3. The van der Waals surface area contributed by atoms with E-state index in [0.717, 1.165) is 0 Å². The molecule has 0 bridgehead atoms. The van der Waals surface area contributed by atoms with Gasteiger partial charge in [-0.15, -0.1) is 0 Å². The molecule has 0 aliphatic heterocycles. The van der Waals surface area contributed by atoms with Crippen LogP contribution in [0.2, 0.25) is 0 Å². The Morgan fingerprint density at radius 2 is 1.71 bits per heavy atom. The second-order valence-corrected chi connectivity index (χ2v) is 5.43. The smallest absolute Gasteiger partial charge is 0.239 e. The molecule has 3 N–H and O–H groups in total. The Morgan fingerprint density at radius 3 is 2.18 bits per heavy atom. The van der Waals surface area contributed by atoms with Crippen LogP contribution in [-0.2, 0) is 9.59 Å². The summed E-state index contributed by atoms with van der Waals surface area (Å²) in [6.45, 7) is 10.4. The standard InChI is InChI=1S/C12H25N3O2/c1-9(2)13-7-6-10(16)14-8-11(17)15-12(3,4)5/h9,13H,6-8H2,1-5H3,(H,14,16)(H,15,17). The molecule has 0 fully saturated rings. The molecule has 100 valence electrons. The molecule has 0 aromatic heterocycles. The maximum absolute atomic E-state index is 11.4. The van der Waals surface area contributed by atoms with Gasteiger partial charge in [0.15, 0.2) is 0 Å². The van der Waals surface area contributed by atoms with Gasteiger partial charge < -0.3 is 16.0 Å². The molecule has 0 rings (SSSR count). The molecule has 2 amide bonds. The summed E-state index contributed by atoms with van der Waals surface area (Å²) in [5.74, 6) is -0.273. The van der Waals surface area contributed by atoms with Gasteiger partial charge in [-0.25, -0.2) is 0 Å². The van der Waals surface area contributed by atoms with E-state index in [1.807, 2.05) is 34.6 Å². The zero-order valence-electron chi connectivity index (χ0n) is 11.5. The van der Waals surface area contributed by atoms with Gasteiger partial charge in [-0.2, -0.15) is 0 Å². The topological polar surface area (TPSA) is 70.2 Å². The Bertz CT molecular complexity index is 257. The second kappa shape index (κ2) is 7.27. The van der Waals surface area contributed by atoms with Crippen LogP contribution in [0.25, 0.3) is 0 Å². The molecule has 0 aromatic carbocycles. The minimum Gasteiger partial charge on any atom is -0.350 e. The normalized spacial score (nSPS) is 11.4. The van der Waals surface area contributed by atoms with Crippen molar-refractivity contribution in [1.29, 1.82) is 0 Å². The van der Waals surface area contributed by atoms with E-state index in [4.69, 9.17) is 0 Å². The van der Waals surface area contributed by atoms with Crippen molar-refractivity contribution in [1.82, 2.24) is 16.0 Å². The molecule has 0 aliphatic rings. The van der Waals surface area contributed by atoms with Crippen LogP contribution in [0.4, 0.5) is 0 Å². The summed E-state index contributed by atoms with van der Waals surface area (Å²) in [4.78, 5) is 22.8. The fraction of sp³-hybridized carbons (Fsp3) is 0.833. The maximum atomic E-state index is 11.4. The summed E-state index contributed by atoms with van der Waals surface area (Å²) in [6.07, 6.45) is 0.390. The highest BCUT2D eigenvalue weighted by atomic mass is 16.2. The number of hydrogen-bond acceptors (Lipinski definition) is 3. The van der Waals surface area contributed by atoms with Crippen LogP contribution in [0.1, 0.15) is 41.0 Å². The SMILES string of the molecule is CC(C)NCCC(=O)NCC(=O)NC(C)(C)C. The van der Waals surface area contributed by atoms with Crippen LogP contribution in [0.5, 0.6) is 0 Å². The highest BCUT2D eigenvalue weighted by molar-refractivity contribution is 5.85. The maximum Gasteiger partial charge on any atom is 0.239 e. The molecule has 0 aliphatic carbocycles. The minimum atomic E-state index is -0.263. The van der Waals surface area contributed by atoms with Crippen LogP contribution in [0.3, 0.4) is 0 Å². The molecule has 17 heavy (non-hydrogen) atoms. The molecular formula is C12H25N3O2. The van der Waals surface area contributed by atoms with Crippen molar-refractivity contribution in [2.75, 3.05) is 13.1 Å². The van der Waals surface area contributed by atoms with Crippen molar-refractivity contribution in [3.05, 3.63) is 0 Å². The average Bonchev–Trinajstić information content (AvgIpc) is 2.11. The van der Waals surface area contributed by atoms with Crippen LogP contribution < -0.4 is 16.0 Å². The summed E-state index contributed by atoms with van der Waals surface area (Å²) in [6, 6.07) is 0.368. The van der Waals surface area contributed by atoms with Crippen molar-refractivity contribution < 1.29 is 9.59 Å². The lowest BCUT2D eigenvalue weighted by Crippen LogP contribution is -2.46. The first-order valence-corrected chi connectivity index (χ1v) is 6.02. The molecule has 5 nitrogen and oxygen atoms in total. The van der Waals surface area contributed by atoms with Crippen LogP contribution in [-0.4, -0.2) is 36.5 Å². The summed E-state index contributed by atoms with van der Waals surface area (Å²) in [5, 5.41) is 8.51. The zero-order chi connectivity index (χ0) is 13.5. The van der Waals surface area contributed by atoms with Crippen molar-refractivity contribution in [2.45, 2.75) is 52.6 Å². The molecule has 0 unspecified atom stereocenters. The first-order chi connectivity index (χ1) is 7.70. The third-order valence-electron chi connectivity index (χ3n) is 1.87. The Hall–Kier alpha value is -1.10. The van der Waals surface area contributed by atoms with Crippen molar-refractivity contribution in [2.24, 2.45) is 0 Å². The summed E-state index contributed by atoms with van der Waals surface area (Å²) < 4.78 is 0. The van der Waals surface area contributed by atoms with E-state index in [9.17, 15) is 9.59 Å². The molecule has 0 atom stereocenters. The predicted octanol–water partition coefficient (Wildman–Crippen LogP) is 0.405. The van der Waals surface area contributed by atoms with E-state index in [1.165, 1.54) is 0 Å². The lowest BCUT2D eigenvalue weighted by Gasteiger charge is -2.20. The number of amides is 2. The number of carbonyl (C=O) groups is 2. The van der Waals surface area contributed by atoms with Gasteiger partial charge >= 0.3 is 0 Å². The summed E-state index contributed by atoms with van der Waals surface area (Å²) >= 11 is 0. The van der Waals surface area contributed by atoms with Gasteiger partial charge in [0.1, 0.15) is 0 Å². The van der Waals surface area contributed by atoms with Gasteiger partial charge in [0, 0.05) is 24.5 Å². The number of hydrogen-bond donors (Lipinski definition) is 3. The van der Waals surface area contributed by atoms with Crippen LogP contribution in [0, 0.1) is 0 Å². The lowest BCUT2D eigenvalue weighted by molar-refractivity contribution is -0.126. The molecule has 0 radical (unpaired) electrons. The van der Waals surface area contributed by atoms with E-state index >= 15 is 0 Å². The molecule has 0 aromatic rings. The first-order valence-electron chi connectivity index (χ1n) is 6.02. The third kappa shape index (κ3) is 11.2. The fourth-order valence-corrected chi connectivity index (χ4v) is 1.20. The van der Waals surface area contributed by atoms with Crippen LogP contribution in [0.15, 0.2) is 0 Å². The van der Waals surface area contributed by atoms with E-state index in [-0.39, 0.29) is 23.9 Å². The molecule has 0 saturated heterocycles. The van der Waals surface area contributed by atoms with E-state index in [0.29, 0.717) is 19.0 Å². The number of rotatable bonds is 6. The number of carbonyl (C=O) groups excluding carboxylic acids is 2. The highest BCUT2D eigenvalue weighted by Gasteiger charge is 2.13. The Balaban J connectivity index is 3.67. The van der Waals surface area contributed by atoms with Gasteiger partial charge in [0.25, 0.3) is 0 Å². The largest absolute Gasteiger partial charge is 0.350 e. The second-order valence-electron chi connectivity index (χ2n) is 5.43. The zero-order valence-corrected chi connectivity index (χ0v) is 11.5. The Morgan fingerprint density at radius 1 is 1.12 bits per heavy atom. The molecule has 0 heterocycles. The van der Waals surface area contributed by atoms with Gasteiger partial charge in [-0.3, -0.25) is 9.59 Å². The Kier molecular flexibility index (Phi) is 6.80. The molecule has 0 spiro atoms. The van der Waals surface area contributed by atoms with Gasteiger partial charge in [-0.05, 0) is 20.8 Å². The van der Waals surface area contributed by atoms with Crippen molar-refractivity contribution in [3.63, 3.8) is 0 Å². The average molecular weight is 243 g/mol. The van der Waals surface area contributed by atoms with E-state index < -0.39 is 0 Å². The lowest BCUT2D eigenvalue weighted by atomic mass is 10.1. The first kappa shape index (κ1) is 15.9. The highest BCUT2D eigenvalue weighted by Crippen LogP contribution is 1.97. The van der Waals surface area contributed by atoms with Crippen LogP contribution >= 0.6 is 0 Å². The van der Waals surface area contributed by atoms with Crippen molar-refractivity contribution in [3.8, 4) is 0 Å². The molecule has 5 heteroatoms. The van der Waals surface area contributed by atoms with Gasteiger partial charge in [0.05, 0.1) is 6.54 Å². The summed E-state index contributed by atoms with van der Waals surface area (Å²) in [7, 11) is 0. The minimum absolute atomic E-state index is 0.0395.